The molecular formula is C9H19ClO. The van der Waals surface area contributed by atoms with Crippen LogP contribution in [0, 0.1) is 5.41 Å². The fraction of sp³-hybridized carbons (Fsp3) is 1.00. The highest BCUT2D eigenvalue weighted by atomic mass is 35.5. The van der Waals surface area contributed by atoms with Crippen molar-refractivity contribution in [3.8, 4) is 0 Å². The SMILES string of the molecule is CCC(C)(CCl)CC(C)OC. The molecule has 0 fully saturated rings. The average Bonchev–Trinajstić information content (AvgIpc) is 2.04. The Bertz CT molecular complexity index is 99.7. The van der Waals surface area contributed by atoms with Crippen molar-refractivity contribution < 1.29 is 4.74 Å². The van der Waals surface area contributed by atoms with Crippen LogP contribution in [-0.2, 0) is 4.74 Å². The van der Waals surface area contributed by atoms with E-state index in [9.17, 15) is 0 Å². The van der Waals surface area contributed by atoms with E-state index in [0.717, 1.165) is 18.7 Å². The average molecular weight is 179 g/mol. The highest BCUT2D eigenvalue weighted by Gasteiger charge is 2.23. The molecule has 0 aromatic carbocycles. The summed E-state index contributed by atoms with van der Waals surface area (Å²) in [5, 5.41) is 0. The van der Waals surface area contributed by atoms with E-state index in [1.807, 2.05) is 0 Å². The third-order valence-corrected chi connectivity index (χ3v) is 3.00. The van der Waals surface area contributed by atoms with Gasteiger partial charge in [0.05, 0.1) is 6.10 Å². The molecule has 0 aliphatic rings. The van der Waals surface area contributed by atoms with Crippen molar-refractivity contribution in [3.05, 3.63) is 0 Å². The fourth-order valence-corrected chi connectivity index (χ4v) is 1.37. The Hall–Kier alpha value is 0.250. The van der Waals surface area contributed by atoms with Crippen LogP contribution in [0.1, 0.15) is 33.6 Å². The molecule has 0 aromatic heterocycles. The zero-order valence-electron chi connectivity index (χ0n) is 7.98. The van der Waals surface area contributed by atoms with Gasteiger partial charge in [-0.25, -0.2) is 0 Å². The maximum absolute atomic E-state index is 5.85. The molecule has 0 heterocycles. The molecule has 0 bridgehead atoms. The Labute approximate surface area is 75.1 Å². The number of alkyl halides is 1. The molecular weight excluding hydrogens is 160 g/mol. The zero-order chi connectivity index (χ0) is 8.91. The lowest BCUT2D eigenvalue weighted by atomic mass is 9.84. The van der Waals surface area contributed by atoms with E-state index in [0.29, 0.717) is 6.10 Å². The molecule has 11 heavy (non-hydrogen) atoms. The highest BCUT2D eigenvalue weighted by Crippen LogP contribution is 2.29. The molecule has 1 nitrogen and oxygen atoms in total. The lowest BCUT2D eigenvalue weighted by Gasteiger charge is -2.28. The van der Waals surface area contributed by atoms with Gasteiger partial charge in [-0.2, -0.15) is 0 Å². The van der Waals surface area contributed by atoms with Crippen molar-refractivity contribution in [2.24, 2.45) is 5.41 Å². The topological polar surface area (TPSA) is 9.23 Å². The van der Waals surface area contributed by atoms with Crippen LogP contribution in [0.4, 0.5) is 0 Å². The van der Waals surface area contributed by atoms with E-state index in [-0.39, 0.29) is 5.41 Å². The van der Waals surface area contributed by atoms with Crippen LogP contribution in [0.25, 0.3) is 0 Å². The smallest absolute Gasteiger partial charge is 0.0548 e. The molecule has 68 valence electrons. The molecule has 0 rings (SSSR count). The van der Waals surface area contributed by atoms with Crippen LogP contribution in [0.15, 0.2) is 0 Å². The minimum atomic E-state index is 0.247. The highest BCUT2D eigenvalue weighted by molar-refractivity contribution is 6.18. The Morgan fingerprint density at radius 2 is 2.09 bits per heavy atom. The Morgan fingerprint density at radius 3 is 2.36 bits per heavy atom. The van der Waals surface area contributed by atoms with E-state index in [4.69, 9.17) is 16.3 Å². The minimum Gasteiger partial charge on any atom is -0.382 e. The molecule has 2 atom stereocenters. The summed E-state index contributed by atoms with van der Waals surface area (Å²) < 4.78 is 5.19. The molecule has 0 amide bonds. The van der Waals surface area contributed by atoms with Crippen LogP contribution >= 0.6 is 11.6 Å². The number of rotatable bonds is 5. The van der Waals surface area contributed by atoms with E-state index >= 15 is 0 Å². The summed E-state index contributed by atoms with van der Waals surface area (Å²) in [7, 11) is 1.75. The lowest BCUT2D eigenvalue weighted by molar-refractivity contribution is 0.0752. The predicted molar refractivity (Wildman–Crippen MR) is 50.2 cm³/mol. The molecule has 0 aromatic rings. The molecule has 0 saturated carbocycles. The first-order chi connectivity index (χ1) is 5.08. The Kier molecular flexibility index (Phi) is 5.11. The van der Waals surface area contributed by atoms with Crippen molar-refractivity contribution in [2.45, 2.75) is 39.7 Å². The largest absolute Gasteiger partial charge is 0.382 e. The normalized spacial score (nSPS) is 19.4. The van der Waals surface area contributed by atoms with E-state index < -0.39 is 0 Å². The molecule has 0 radical (unpaired) electrons. The van der Waals surface area contributed by atoms with Gasteiger partial charge in [0.15, 0.2) is 0 Å². The quantitative estimate of drug-likeness (QED) is 0.588. The standard InChI is InChI=1S/C9H19ClO/c1-5-9(3,7-10)6-8(2)11-4/h8H,5-7H2,1-4H3. The van der Waals surface area contributed by atoms with Crippen molar-refractivity contribution in [3.63, 3.8) is 0 Å². The second-order valence-corrected chi connectivity index (χ2v) is 3.82. The zero-order valence-corrected chi connectivity index (χ0v) is 8.74. The van der Waals surface area contributed by atoms with Gasteiger partial charge in [-0.3, -0.25) is 0 Å². The van der Waals surface area contributed by atoms with Gasteiger partial charge in [-0.1, -0.05) is 13.8 Å². The van der Waals surface area contributed by atoms with Gasteiger partial charge in [0.2, 0.25) is 0 Å². The van der Waals surface area contributed by atoms with Crippen LogP contribution in [0.3, 0.4) is 0 Å². The van der Waals surface area contributed by atoms with Crippen LogP contribution in [0.2, 0.25) is 0 Å². The van der Waals surface area contributed by atoms with Gasteiger partial charge < -0.3 is 4.74 Å². The van der Waals surface area contributed by atoms with Gasteiger partial charge in [0.25, 0.3) is 0 Å². The summed E-state index contributed by atoms with van der Waals surface area (Å²) in [6.07, 6.45) is 2.48. The van der Waals surface area contributed by atoms with E-state index in [1.165, 1.54) is 0 Å². The molecule has 0 saturated heterocycles. The molecule has 0 aliphatic carbocycles. The van der Waals surface area contributed by atoms with Gasteiger partial charge in [-0.05, 0) is 25.2 Å². The number of methoxy groups -OCH3 is 1. The van der Waals surface area contributed by atoms with Gasteiger partial charge in [-0.15, -0.1) is 11.6 Å². The first kappa shape index (κ1) is 11.2. The van der Waals surface area contributed by atoms with Gasteiger partial charge in [0.1, 0.15) is 0 Å². The molecule has 0 spiro atoms. The Balaban J connectivity index is 3.86. The molecule has 2 unspecified atom stereocenters. The summed E-state index contributed by atoms with van der Waals surface area (Å²) in [6.45, 7) is 6.46. The van der Waals surface area contributed by atoms with E-state index in [1.54, 1.807) is 7.11 Å². The molecule has 0 N–H and O–H groups in total. The van der Waals surface area contributed by atoms with Crippen molar-refractivity contribution >= 4 is 11.6 Å². The predicted octanol–water partition coefficient (Wildman–Crippen LogP) is 3.07. The second-order valence-electron chi connectivity index (χ2n) is 3.55. The third-order valence-electron chi connectivity index (χ3n) is 2.36. The minimum absolute atomic E-state index is 0.247. The number of ether oxygens (including phenoxy) is 1. The van der Waals surface area contributed by atoms with E-state index in [2.05, 4.69) is 20.8 Å². The number of halogens is 1. The lowest BCUT2D eigenvalue weighted by Crippen LogP contribution is -2.24. The second kappa shape index (κ2) is 5.00. The maximum atomic E-state index is 5.85. The first-order valence-corrected chi connectivity index (χ1v) is 4.70. The first-order valence-electron chi connectivity index (χ1n) is 4.16. The molecule has 2 heteroatoms. The summed E-state index contributed by atoms with van der Waals surface area (Å²) in [4.78, 5) is 0. The van der Waals surface area contributed by atoms with Crippen molar-refractivity contribution in [1.29, 1.82) is 0 Å². The van der Waals surface area contributed by atoms with Crippen LogP contribution in [-0.4, -0.2) is 19.1 Å². The molecule has 0 aliphatic heterocycles. The van der Waals surface area contributed by atoms with Gasteiger partial charge >= 0.3 is 0 Å². The number of hydrogen-bond acceptors (Lipinski definition) is 1. The van der Waals surface area contributed by atoms with Crippen LogP contribution in [0.5, 0.6) is 0 Å². The third kappa shape index (κ3) is 3.97. The maximum Gasteiger partial charge on any atom is 0.0548 e. The summed E-state index contributed by atoms with van der Waals surface area (Å²) >= 11 is 5.85. The number of hydrogen-bond donors (Lipinski definition) is 0. The summed E-state index contributed by atoms with van der Waals surface area (Å²) in [5.41, 5.74) is 0.247. The monoisotopic (exact) mass is 178 g/mol. The van der Waals surface area contributed by atoms with Crippen molar-refractivity contribution in [2.75, 3.05) is 13.0 Å². The van der Waals surface area contributed by atoms with Gasteiger partial charge in [0, 0.05) is 13.0 Å². The fourth-order valence-electron chi connectivity index (χ4n) is 1.07. The summed E-state index contributed by atoms with van der Waals surface area (Å²) in [6, 6.07) is 0. The van der Waals surface area contributed by atoms with Crippen molar-refractivity contribution in [1.82, 2.24) is 0 Å². The van der Waals surface area contributed by atoms with Crippen LogP contribution < -0.4 is 0 Å². The summed E-state index contributed by atoms with van der Waals surface area (Å²) in [5.74, 6) is 0.719. The Morgan fingerprint density at radius 1 is 1.55 bits per heavy atom.